The summed E-state index contributed by atoms with van der Waals surface area (Å²) < 4.78 is 0. The second kappa shape index (κ2) is 6.65. The van der Waals surface area contributed by atoms with Crippen LogP contribution in [0.25, 0.3) is 21.7 Å². The van der Waals surface area contributed by atoms with Gasteiger partial charge in [-0.15, -0.1) is 11.3 Å². The molecule has 4 N–H and O–H groups in total. The van der Waals surface area contributed by atoms with Crippen LogP contribution in [0.15, 0.2) is 60.8 Å². The van der Waals surface area contributed by atoms with E-state index in [0.29, 0.717) is 11.6 Å². The number of phenols is 1. The predicted octanol–water partition coefficient (Wildman–Crippen LogP) is 5.00. The van der Waals surface area contributed by atoms with Gasteiger partial charge in [-0.3, -0.25) is 0 Å². The third-order valence-corrected chi connectivity index (χ3v) is 6.07. The number of rotatable bonds is 3. The lowest BCUT2D eigenvalue weighted by Crippen LogP contribution is -2.07. The number of aromatic hydroxyl groups is 1. The van der Waals surface area contributed by atoms with Crippen LogP contribution in [0.4, 0.5) is 17.3 Å². The Morgan fingerprint density at radius 3 is 2.79 bits per heavy atom. The summed E-state index contributed by atoms with van der Waals surface area (Å²) in [5.41, 5.74) is 11.7. The van der Waals surface area contributed by atoms with Gasteiger partial charge >= 0.3 is 0 Å². The van der Waals surface area contributed by atoms with Crippen LogP contribution in [-0.2, 0) is 12.8 Å². The summed E-state index contributed by atoms with van der Waals surface area (Å²) in [6, 6.07) is 17.1. The van der Waals surface area contributed by atoms with Gasteiger partial charge in [-0.05, 0) is 60.4 Å². The molecule has 0 fully saturated rings. The minimum Gasteiger partial charge on any atom is -0.508 e. The molecule has 0 aliphatic heterocycles. The van der Waals surface area contributed by atoms with Gasteiger partial charge in [0.1, 0.15) is 5.75 Å². The largest absolute Gasteiger partial charge is 0.508 e. The lowest BCUT2D eigenvalue weighted by Gasteiger charge is -2.16. The molecular weight excluding hydrogens is 368 g/mol. The van der Waals surface area contributed by atoms with Crippen molar-refractivity contribution in [3.63, 3.8) is 0 Å². The van der Waals surface area contributed by atoms with Crippen molar-refractivity contribution in [1.82, 2.24) is 9.97 Å². The van der Waals surface area contributed by atoms with Gasteiger partial charge in [0.2, 0.25) is 5.95 Å². The molecule has 0 bridgehead atoms. The van der Waals surface area contributed by atoms with Crippen molar-refractivity contribution in [2.75, 3.05) is 11.1 Å². The van der Waals surface area contributed by atoms with Crippen molar-refractivity contribution in [2.24, 2.45) is 0 Å². The minimum absolute atomic E-state index is 0.278. The molecule has 2 aromatic carbocycles. The Labute approximate surface area is 166 Å². The normalized spacial score (nSPS) is 12.3. The van der Waals surface area contributed by atoms with Crippen molar-refractivity contribution in [3.05, 3.63) is 71.2 Å². The molecule has 0 saturated heterocycles. The molecule has 0 atom stereocenters. The maximum Gasteiger partial charge on any atom is 0.227 e. The predicted molar refractivity (Wildman–Crippen MR) is 114 cm³/mol. The maximum absolute atomic E-state index is 9.80. The second-order valence-corrected chi connectivity index (χ2v) is 7.95. The fourth-order valence-electron chi connectivity index (χ4n) is 3.49. The minimum atomic E-state index is 0.278. The monoisotopic (exact) mass is 386 g/mol. The zero-order valence-electron chi connectivity index (χ0n) is 15.0. The molecule has 1 aliphatic carbocycles. The number of nitrogen functional groups attached to an aromatic ring is 1. The molecule has 5 nitrogen and oxygen atoms in total. The molecule has 2 heterocycles. The lowest BCUT2D eigenvalue weighted by atomic mass is 9.96. The van der Waals surface area contributed by atoms with Gasteiger partial charge in [-0.25, -0.2) is 9.97 Å². The third kappa shape index (κ3) is 3.08. The van der Waals surface area contributed by atoms with E-state index in [1.54, 1.807) is 23.5 Å². The summed E-state index contributed by atoms with van der Waals surface area (Å²) in [7, 11) is 0. The van der Waals surface area contributed by atoms with Gasteiger partial charge in [0.25, 0.3) is 0 Å². The average molecular weight is 386 g/mol. The molecule has 1 aliphatic rings. The fourth-order valence-corrected chi connectivity index (χ4v) is 4.65. The van der Waals surface area contributed by atoms with Gasteiger partial charge < -0.3 is 16.2 Å². The molecular formula is C22H18N4OS. The smallest absolute Gasteiger partial charge is 0.227 e. The first-order chi connectivity index (χ1) is 13.7. The molecule has 28 heavy (non-hydrogen) atoms. The molecule has 0 radical (unpaired) electrons. The summed E-state index contributed by atoms with van der Waals surface area (Å²) >= 11 is 1.76. The Balaban J connectivity index is 1.53. The fraction of sp³-hybridized carbons (Fsp3) is 0.0909. The Bertz CT molecular complexity index is 1180. The number of anilines is 3. The highest BCUT2D eigenvalue weighted by Gasteiger charge is 2.22. The van der Waals surface area contributed by atoms with Gasteiger partial charge in [-0.2, -0.15) is 0 Å². The van der Waals surface area contributed by atoms with E-state index >= 15 is 0 Å². The number of thiophene rings is 1. The van der Waals surface area contributed by atoms with E-state index in [1.165, 1.54) is 4.88 Å². The van der Waals surface area contributed by atoms with E-state index in [9.17, 15) is 5.11 Å². The Morgan fingerprint density at radius 1 is 1.04 bits per heavy atom. The van der Waals surface area contributed by atoms with Crippen molar-refractivity contribution in [3.8, 4) is 27.4 Å². The van der Waals surface area contributed by atoms with E-state index in [4.69, 9.17) is 10.7 Å². The number of benzene rings is 2. The molecule has 6 heteroatoms. The van der Waals surface area contributed by atoms with Crippen molar-refractivity contribution in [2.45, 2.75) is 12.8 Å². The van der Waals surface area contributed by atoms with Crippen LogP contribution < -0.4 is 11.1 Å². The first kappa shape index (κ1) is 16.8. The number of hydrogen-bond acceptors (Lipinski definition) is 6. The third-order valence-electron chi connectivity index (χ3n) is 4.82. The Hall–Kier alpha value is -3.38. The molecule has 0 amide bonds. The van der Waals surface area contributed by atoms with E-state index < -0.39 is 0 Å². The molecule has 5 rings (SSSR count). The highest BCUT2D eigenvalue weighted by Crippen LogP contribution is 2.42. The number of nitrogens with zero attached hydrogens (tertiary/aromatic N) is 2. The van der Waals surface area contributed by atoms with Gasteiger partial charge in [-0.1, -0.05) is 18.2 Å². The summed E-state index contributed by atoms with van der Waals surface area (Å²) in [5, 5.41) is 13.0. The summed E-state index contributed by atoms with van der Waals surface area (Å²) in [5.74, 6) is 0.836. The molecule has 0 unspecified atom stereocenters. The van der Waals surface area contributed by atoms with Crippen LogP contribution in [-0.4, -0.2) is 15.1 Å². The summed E-state index contributed by atoms with van der Waals surface area (Å²) in [6.45, 7) is 0. The SMILES string of the molecule is Nc1cccc(Nc2ncc3c(n2)-c2cc(-c4cccc(O)c4)sc2CC3)c1. The van der Waals surface area contributed by atoms with Crippen LogP contribution in [0, 0.1) is 0 Å². The highest BCUT2D eigenvalue weighted by atomic mass is 32.1. The van der Waals surface area contributed by atoms with E-state index in [1.807, 2.05) is 42.6 Å². The summed E-state index contributed by atoms with van der Waals surface area (Å²) in [4.78, 5) is 11.7. The van der Waals surface area contributed by atoms with Gasteiger partial charge in [0.15, 0.2) is 0 Å². The van der Waals surface area contributed by atoms with Crippen molar-refractivity contribution in [1.29, 1.82) is 0 Å². The standard InChI is InChI=1S/C22H18N4OS/c23-15-4-2-5-16(10-15)25-22-24-12-14-7-8-19-18(21(14)26-22)11-20(28-19)13-3-1-6-17(27)9-13/h1-6,9-12,27H,7-8,23H2,(H,24,25,26). The van der Waals surface area contributed by atoms with Crippen molar-refractivity contribution < 1.29 is 5.11 Å². The van der Waals surface area contributed by atoms with E-state index in [2.05, 4.69) is 16.4 Å². The first-order valence-electron chi connectivity index (χ1n) is 9.07. The van der Waals surface area contributed by atoms with Crippen LogP contribution >= 0.6 is 11.3 Å². The van der Waals surface area contributed by atoms with E-state index in [0.717, 1.165) is 45.8 Å². The number of aryl methyl sites for hydroxylation is 2. The number of hydrogen-bond donors (Lipinski definition) is 3. The van der Waals surface area contributed by atoms with Crippen LogP contribution in [0.5, 0.6) is 5.75 Å². The molecule has 4 aromatic rings. The van der Waals surface area contributed by atoms with E-state index in [-0.39, 0.29) is 5.75 Å². The topological polar surface area (TPSA) is 84.1 Å². The molecule has 0 saturated carbocycles. The molecule has 0 spiro atoms. The Morgan fingerprint density at radius 2 is 1.93 bits per heavy atom. The van der Waals surface area contributed by atoms with Crippen LogP contribution in [0.2, 0.25) is 0 Å². The lowest BCUT2D eigenvalue weighted by molar-refractivity contribution is 0.475. The van der Waals surface area contributed by atoms with Crippen molar-refractivity contribution >= 4 is 28.7 Å². The average Bonchev–Trinajstić information content (AvgIpc) is 3.13. The number of aromatic nitrogens is 2. The quantitative estimate of drug-likeness (QED) is 0.431. The zero-order valence-corrected chi connectivity index (χ0v) is 15.8. The van der Waals surface area contributed by atoms with Crippen LogP contribution in [0.3, 0.4) is 0 Å². The maximum atomic E-state index is 9.80. The zero-order chi connectivity index (χ0) is 19.1. The molecule has 2 aromatic heterocycles. The first-order valence-corrected chi connectivity index (χ1v) is 9.88. The summed E-state index contributed by atoms with van der Waals surface area (Å²) in [6.07, 6.45) is 3.82. The number of fused-ring (bicyclic) bond motifs is 3. The van der Waals surface area contributed by atoms with Gasteiger partial charge in [0.05, 0.1) is 5.69 Å². The number of nitrogens with two attached hydrogens (primary N) is 1. The Kier molecular flexibility index (Phi) is 3.98. The number of phenolic OH excluding ortho intramolecular Hbond substituents is 1. The second-order valence-electron chi connectivity index (χ2n) is 6.82. The van der Waals surface area contributed by atoms with Crippen LogP contribution in [0.1, 0.15) is 10.4 Å². The highest BCUT2D eigenvalue weighted by molar-refractivity contribution is 7.16. The molecule has 138 valence electrons. The van der Waals surface area contributed by atoms with Gasteiger partial charge in [0, 0.05) is 32.9 Å². The number of nitrogens with one attached hydrogen (secondary N) is 1.